The van der Waals surface area contributed by atoms with Crippen molar-refractivity contribution in [2.75, 3.05) is 0 Å². The third-order valence-corrected chi connectivity index (χ3v) is 3.79. The third kappa shape index (κ3) is 4.64. The molecule has 0 bridgehead atoms. The Labute approximate surface area is 125 Å². The van der Waals surface area contributed by atoms with Gasteiger partial charge in [0.1, 0.15) is 5.78 Å². The lowest BCUT2D eigenvalue weighted by Crippen LogP contribution is -2.37. The van der Waals surface area contributed by atoms with Gasteiger partial charge in [0.05, 0.1) is 0 Å². The first-order valence-corrected chi connectivity index (χ1v) is 7.24. The van der Waals surface area contributed by atoms with Crippen molar-refractivity contribution in [3.05, 3.63) is 34.9 Å². The predicted molar refractivity (Wildman–Crippen MR) is 81.6 cm³/mol. The Morgan fingerprint density at radius 1 is 1.20 bits per heavy atom. The van der Waals surface area contributed by atoms with Crippen LogP contribution in [0.15, 0.2) is 24.3 Å². The van der Waals surface area contributed by atoms with Gasteiger partial charge in [0, 0.05) is 29.9 Å². The van der Waals surface area contributed by atoms with E-state index in [-0.39, 0.29) is 30.1 Å². The van der Waals surface area contributed by atoms with Crippen molar-refractivity contribution >= 4 is 23.3 Å². The number of ketones is 1. The molecule has 0 aliphatic heterocycles. The lowest BCUT2D eigenvalue weighted by atomic mass is 10.0. The van der Waals surface area contributed by atoms with Gasteiger partial charge in [-0.2, -0.15) is 0 Å². The number of benzene rings is 1. The Kier molecular flexibility index (Phi) is 6.21. The fourth-order valence-electron chi connectivity index (χ4n) is 1.89. The van der Waals surface area contributed by atoms with Crippen LogP contribution in [-0.2, 0) is 16.1 Å². The van der Waals surface area contributed by atoms with Gasteiger partial charge in [-0.15, -0.1) is 0 Å². The number of carbonyl (C=O) groups excluding carboxylic acids is 2. The molecule has 0 aliphatic carbocycles. The molecular formula is C16H22ClNO2. The van der Waals surface area contributed by atoms with Crippen molar-refractivity contribution in [2.24, 2.45) is 5.92 Å². The van der Waals surface area contributed by atoms with Crippen LogP contribution in [0, 0.1) is 5.92 Å². The summed E-state index contributed by atoms with van der Waals surface area (Å²) in [5.74, 6) is -0.211. The normalized spacial score (nSPS) is 12.3. The van der Waals surface area contributed by atoms with Crippen LogP contribution in [0.5, 0.6) is 0 Å². The van der Waals surface area contributed by atoms with E-state index in [1.54, 1.807) is 11.8 Å². The van der Waals surface area contributed by atoms with Crippen LogP contribution in [0.4, 0.5) is 0 Å². The van der Waals surface area contributed by atoms with E-state index in [1.165, 1.54) is 6.92 Å². The summed E-state index contributed by atoms with van der Waals surface area (Å²) in [6.45, 7) is 7.71. The number of nitrogens with zero attached hydrogens (tertiary/aromatic N) is 1. The Morgan fingerprint density at radius 2 is 1.80 bits per heavy atom. The smallest absolute Gasteiger partial charge is 0.223 e. The summed E-state index contributed by atoms with van der Waals surface area (Å²) in [5, 5.41) is 0.658. The van der Waals surface area contributed by atoms with Gasteiger partial charge in [-0.1, -0.05) is 36.7 Å². The molecule has 1 aromatic rings. The number of Topliss-reactive ketones (excluding diaryl/α,β-unsaturated/α-hetero) is 1. The van der Waals surface area contributed by atoms with E-state index in [0.29, 0.717) is 11.6 Å². The van der Waals surface area contributed by atoms with Crippen LogP contribution in [0.3, 0.4) is 0 Å². The molecule has 1 aromatic carbocycles. The highest BCUT2D eigenvalue weighted by atomic mass is 35.5. The number of carbonyl (C=O) groups is 2. The highest BCUT2D eigenvalue weighted by molar-refractivity contribution is 6.31. The lowest BCUT2D eigenvalue weighted by Gasteiger charge is -2.28. The highest BCUT2D eigenvalue weighted by Gasteiger charge is 2.21. The minimum atomic E-state index is -0.241. The van der Waals surface area contributed by atoms with Crippen LogP contribution < -0.4 is 0 Å². The van der Waals surface area contributed by atoms with E-state index in [2.05, 4.69) is 0 Å². The van der Waals surface area contributed by atoms with Crippen LogP contribution in [0.25, 0.3) is 0 Å². The first-order valence-electron chi connectivity index (χ1n) is 6.86. The Hall–Kier alpha value is -1.35. The highest BCUT2D eigenvalue weighted by Crippen LogP contribution is 2.19. The molecule has 1 amide bonds. The van der Waals surface area contributed by atoms with Crippen molar-refractivity contribution in [3.8, 4) is 0 Å². The first-order chi connectivity index (χ1) is 9.32. The Bertz CT molecular complexity index is 485. The van der Waals surface area contributed by atoms with Crippen LogP contribution >= 0.6 is 11.6 Å². The Morgan fingerprint density at radius 3 is 2.30 bits per heavy atom. The van der Waals surface area contributed by atoms with E-state index < -0.39 is 0 Å². The molecule has 0 saturated carbocycles. The van der Waals surface area contributed by atoms with Crippen molar-refractivity contribution in [3.63, 3.8) is 0 Å². The van der Waals surface area contributed by atoms with E-state index in [1.807, 2.05) is 38.1 Å². The molecule has 110 valence electrons. The van der Waals surface area contributed by atoms with Gasteiger partial charge in [0.2, 0.25) is 5.91 Å². The molecule has 20 heavy (non-hydrogen) atoms. The number of rotatable bonds is 6. The maximum atomic E-state index is 12.3. The molecule has 0 fully saturated rings. The molecule has 0 radical (unpaired) electrons. The molecule has 0 N–H and O–H groups in total. The van der Waals surface area contributed by atoms with Gasteiger partial charge in [-0.3, -0.25) is 9.59 Å². The summed E-state index contributed by atoms with van der Waals surface area (Å²) in [6.07, 6.45) is 0.248. The van der Waals surface area contributed by atoms with Gasteiger partial charge in [0.25, 0.3) is 0 Å². The van der Waals surface area contributed by atoms with Crippen molar-refractivity contribution in [2.45, 2.75) is 46.7 Å². The summed E-state index contributed by atoms with van der Waals surface area (Å²) in [4.78, 5) is 25.4. The van der Waals surface area contributed by atoms with Gasteiger partial charge < -0.3 is 4.90 Å². The van der Waals surface area contributed by atoms with Gasteiger partial charge in [-0.05, 0) is 32.4 Å². The number of hydrogen-bond donors (Lipinski definition) is 0. The van der Waals surface area contributed by atoms with E-state index in [0.717, 1.165) is 5.56 Å². The molecule has 3 nitrogen and oxygen atoms in total. The van der Waals surface area contributed by atoms with Crippen LogP contribution in [-0.4, -0.2) is 22.6 Å². The second-order valence-electron chi connectivity index (χ2n) is 5.42. The summed E-state index contributed by atoms with van der Waals surface area (Å²) >= 11 is 6.14. The maximum Gasteiger partial charge on any atom is 0.223 e. The Balaban J connectivity index is 2.82. The SMILES string of the molecule is CC(=O)C(C)CC(=O)N(Cc1ccccc1Cl)C(C)C. The van der Waals surface area contributed by atoms with Crippen LogP contribution in [0.2, 0.25) is 5.02 Å². The maximum absolute atomic E-state index is 12.3. The monoisotopic (exact) mass is 295 g/mol. The molecule has 0 aliphatic rings. The van der Waals surface area contributed by atoms with E-state index in [4.69, 9.17) is 11.6 Å². The average molecular weight is 296 g/mol. The quantitative estimate of drug-likeness (QED) is 0.802. The topological polar surface area (TPSA) is 37.4 Å². The van der Waals surface area contributed by atoms with Gasteiger partial charge in [0.15, 0.2) is 0 Å². The molecule has 4 heteroatoms. The number of amides is 1. The molecule has 1 atom stereocenters. The van der Waals surface area contributed by atoms with Crippen molar-refractivity contribution in [1.29, 1.82) is 0 Å². The molecular weight excluding hydrogens is 274 g/mol. The molecule has 0 spiro atoms. The second kappa shape index (κ2) is 7.44. The van der Waals surface area contributed by atoms with Gasteiger partial charge >= 0.3 is 0 Å². The molecule has 0 heterocycles. The fourth-order valence-corrected chi connectivity index (χ4v) is 2.09. The summed E-state index contributed by atoms with van der Waals surface area (Å²) in [5.41, 5.74) is 0.923. The zero-order valence-electron chi connectivity index (χ0n) is 12.5. The summed E-state index contributed by atoms with van der Waals surface area (Å²) in [6, 6.07) is 7.57. The zero-order chi connectivity index (χ0) is 15.3. The van der Waals surface area contributed by atoms with E-state index in [9.17, 15) is 9.59 Å². The summed E-state index contributed by atoms with van der Waals surface area (Å²) in [7, 11) is 0. The predicted octanol–water partition coefficient (Wildman–Crippen LogP) is 3.69. The van der Waals surface area contributed by atoms with Crippen molar-refractivity contribution in [1.82, 2.24) is 4.90 Å². The van der Waals surface area contributed by atoms with Crippen molar-refractivity contribution < 1.29 is 9.59 Å². The summed E-state index contributed by atoms with van der Waals surface area (Å²) < 4.78 is 0. The minimum Gasteiger partial charge on any atom is -0.336 e. The molecule has 0 saturated heterocycles. The number of hydrogen-bond acceptors (Lipinski definition) is 2. The fraction of sp³-hybridized carbons (Fsp3) is 0.500. The second-order valence-corrected chi connectivity index (χ2v) is 5.83. The van der Waals surface area contributed by atoms with Crippen LogP contribution in [0.1, 0.15) is 39.7 Å². The molecule has 0 aromatic heterocycles. The lowest BCUT2D eigenvalue weighted by molar-refractivity contribution is -0.136. The molecule has 1 rings (SSSR count). The minimum absolute atomic E-state index is 0.0115. The van der Waals surface area contributed by atoms with E-state index >= 15 is 0 Å². The number of halogens is 1. The zero-order valence-corrected chi connectivity index (χ0v) is 13.3. The third-order valence-electron chi connectivity index (χ3n) is 3.42. The first kappa shape index (κ1) is 16.7. The largest absolute Gasteiger partial charge is 0.336 e. The molecule has 1 unspecified atom stereocenters. The standard InChI is InChI=1S/C16H22ClNO2/c1-11(2)18(16(20)9-12(3)13(4)19)10-14-7-5-6-8-15(14)17/h5-8,11-12H,9-10H2,1-4H3. The average Bonchev–Trinajstić information content (AvgIpc) is 2.36. The van der Waals surface area contributed by atoms with Gasteiger partial charge in [-0.25, -0.2) is 0 Å².